The highest BCUT2D eigenvalue weighted by Crippen LogP contribution is 2.23. The minimum Gasteiger partial charge on any atom is -0.399 e. The zero-order valence-corrected chi connectivity index (χ0v) is 13.8. The second-order valence-electron chi connectivity index (χ2n) is 5.41. The number of carbonyl (C=O) groups is 1. The lowest BCUT2D eigenvalue weighted by atomic mass is 10.2. The van der Waals surface area contributed by atoms with Crippen LogP contribution in [0, 0.1) is 6.92 Å². The molecule has 0 aromatic heterocycles. The molecule has 0 fully saturated rings. The van der Waals surface area contributed by atoms with Gasteiger partial charge in [-0.1, -0.05) is 19.4 Å². The first-order chi connectivity index (χ1) is 9.70. The molecule has 0 spiro atoms. The van der Waals surface area contributed by atoms with E-state index in [1.165, 1.54) is 13.0 Å². The van der Waals surface area contributed by atoms with Crippen molar-refractivity contribution in [1.82, 2.24) is 5.32 Å². The average molecular weight is 312 g/mol. The van der Waals surface area contributed by atoms with E-state index in [1.807, 2.05) is 13.8 Å². The summed E-state index contributed by atoms with van der Waals surface area (Å²) in [4.78, 5) is 12.2. The van der Waals surface area contributed by atoms with E-state index in [-0.39, 0.29) is 10.9 Å². The van der Waals surface area contributed by atoms with Crippen molar-refractivity contribution in [2.45, 2.75) is 56.7 Å². The molecule has 1 rings (SSSR count). The third-order valence-corrected chi connectivity index (χ3v) is 5.66. The number of rotatable bonds is 6. The molecular weight excluding hydrogens is 288 g/mol. The molecule has 0 radical (unpaired) electrons. The minimum absolute atomic E-state index is 0.0397. The van der Waals surface area contributed by atoms with Gasteiger partial charge in [0, 0.05) is 11.7 Å². The molecule has 0 aliphatic rings. The summed E-state index contributed by atoms with van der Waals surface area (Å²) in [6.45, 7) is 6.98. The summed E-state index contributed by atoms with van der Waals surface area (Å²) >= 11 is 0. The smallest absolute Gasteiger partial charge is 0.238 e. The van der Waals surface area contributed by atoms with Gasteiger partial charge in [-0.3, -0.25) is 4.79 Å². The summed E-state index contributed by atoms with van der Waals surface area (Å²) in [5.41, 5.74) is 6.61. The first-order valence-corrected chi connectivity index (χ1v) is 8.65. The van der Waals surface area contributed by atoms with Crippen molar-refractivity contribution < 1.29 is 13.2 Å². The Morgan fingerprint density at radius 2 is 1.95 bits per heavy atom. The van der Waals surface area contributed by atoms with Crippen LogP contribution < -0.4 is 11.1 Å². The summed E-state index contributed by atoms with van der Waals surface area (Å²) in [6.07, 6.45) is 1.74. The average Bonchev–Trinajstić information content (AvgIpc) is 2.40. The Kier molecular flexibility index (Phi) is 5.78. The highest BCUT2D eigenvalue weighted by Gasteiger charge is 2.31. The third kappa shape index (κ3) is 4.20. The lowest BCUT2D eigenvalue weighted by Gasteiger charge is -2.18. The number of aryl methyl sites for hydroxylation is 1. The van der Waals surface area contributed by atoms with Gasteiger partial charge in [-0.25, -0.2) is 8.42 Å². The van der Waals surface area contributed by atoms with Crippen LogP contribution in [0.1, 0.15) is 39.2 Å². The molecule has 1 amide bonds. The predicted octanol–water partition coefficient (Wildman–Crippen LogP) is 2.04. The van der Waals surface area contributed by atoms with Gasteiger partial charge < -0.3 is 11.1 Å². The van der Waals surface area contributed by atoms with Crippen molar-refractivity contribution >= 4 is 21.4 Å². The Morgan fingerprint density at radius 3 is 2.52 bits per heavy atom. The topological polar surface area (TPSA) is 89.3 Å². The molecule has 118 valence electrons. The molecule has 0 aliphatic heterocycles. The fourth-order valence-electron chi connectivity index (χ4n) is 2.12. The van der Waals surface area contributed by atoms with Crippen molar-refractivity contribution in [2.24, 2.45) is 0 Å². The van der Waals surface area contributed by atoms with E-state index in [0.717, 1.165) is 12.8 Å². The van der Waals surface area contributed by atoms with E-state index < -0.39 is 21.0 Å². The quantitative estimate of drug-likeness (QED) is 0.787. The maximum atomic E-state index is 12.6. The predicted molar refractivity (Wildman–Crippen MR) is 84.8 cm³/mol. The molecule has 0 saturated carbocycles. The highest BCUT2D eigenvalue weighted by atomic mass is 32.2. The van der Waals surface area contributed by atoms with Crippen molar-refractivity contribution in [3.05, 3.63) is 23.8 Å². The molecule has 2 atom stereocenters. The summed E-state index contributed by atoms with van der Waals surface area (Å²) < 4.78 is 25.1. The SMILES string of the molecule is CCCC(C)NC(=O)C(C)S(=O)(=O)c1cc(N)ccc1C. The van der Waals surface area contributed by atoms with Crippen LogP contribution in [0.25, 0.3) is 0 Å². The van der Waals surface area contributed by atoms with E-state index >= 15 is 0 Å². The first-order valence-electron chi connectivity index (χ1n) is 7.10. The maximum absolute atomic E-state index is 12.6. The van der Waals surface area contributed by atoms with E-state index in [9.17, 15) is 13.2 Å². The van der Waals surface area contributed by atoms with Gasteiger partial charge in [0.1, 0.15) is 5.25 Å². The van der Waals surface area contributed by atoms with Gasteiger partial charge in [0.25, 0.3) is 0 Å². The van der Waals surface area contributed by atoms with E-state index in [0.29, 0.717) is 11.3 Å². The number of hydrogen-bond donors (Lipinski definition) is 2. The second kappa shape index (κ2) is 6.93. The second-order valence-corrected chi connectivity index (χ2v) is 7.65. The van der Waals surface area contributed by atoms with Gasteiger partial charge in [0.15, 0.2) is 9.84 Å². The Morgan fingerprint density at radius 1 is 1.33 bits per heavy atom. The Labute approximate surface area is 126 Å². The number of hydrogen-bond acceptors (Lipinski definition) is 4. The fourth-order valence-corrected chi connectivity index (χ4v) is 3.67. The van der Waals surface area contributed by atoms with Crippen molar-refractivity contribution in [3.8, 4) is 0 Å². The minimum atomic E-state index is -3.74. The maximum Gasteiger partial charge on any atom is 0.238 e. The number of carbonyl (C=O) groups excluding carboxylic acids is 1. The summed E-state index contributed by atoms with van der Waals surface area (Å²) in [6, 6.07) is 4.65. The lowest BCUT2D eigenvalue weighted by Crippen LogP contribution is -2.42. The van der Waals surface area contributed by atoms with Crippen LogP contribution in [0.5, 0.6) is 0 Å². The van der Waals surface area contributed by atoms with Gasteiger partial charge in [-0.15, -0.1) is 0 Å². The number of nitrogen functional groups attached to an aromatic ring is 1. The first kappa shape index (κ1) is 17.5. The Hall–Kier alpha value is -1.56. The largest absolute Gasteiger partial charge is 0.399 e. The van der Waals surface area contributed by atoms with Gasteiger partial charge >= 0.3 is 0 Å². The van der Waals surface area contributed by atoms with Crippen LogP contribution >= 0.6 is 0 Å². The van der Waals surface area contributed by atoms with Crippen molar-refractivity contribution in [3.63, 3.8) is 0 Å². The zero-order valence-electron chi connectivity index (χ0n) is 13.0. The van der Waals surface area contributed by atoms with E-state index in [2.05, 4.69) is 5.32 Å². The Bertz CT molecular complexity index is 611. The Balaban J connectivity index is 3.01. The number of nitrogens with one attached hydrogen (secondary N) is 1. The van der Waals surface area contributed by atoms with Crippen LogP contribution in [0.4, 0.5) is 5.69 Å². The fraction of sp³-hybridized carbons (Fsp3) is 0.533. The molecule has 1 aromatic rings. The van der Waals surface area contributed by atoms with E-state index in [1.54, 1.807) is 19.1 Å². The zero-order chi connectivity index (χ0) is 16.2. The van der Waals surface area contributed by atoms with Crippen LogP contribution in [0.15, 0.2) is 23.1 Å². The molecule has 1 aromatic carbocycles. The summed E-state index contributed by atoms with van der Waals surface area (Å²) in [5.74, 6) is -0.474. The summed E-state index contributed by atoms with van der Waals surface area (Å²) in [5, 5.41) is 1.60. The molecule has 0 bridgehead atoms. The molecule has 3 N–H and O–H groups in total. The van der Waals surface area contributed by atoms with Crippen molar-refractivity contribution in [1.29, 1.82) is 0 Å². The van der Waals surface area contributed by atoms with Crippen LogP contribution in [0.2, 0.25) is 0 Å². The van der Waals surface area contributed by atoms with Gasteiger partial charge in [0.2, 0.25) is 5.91 Å². The molecular formula is C15H24N2O3S. The monoisotopic (exact) mass is 312 g/mol. The van der Waals surface area contributed by atoms with Gasteiger partial charge in [-0.05, 0) is 44.9 Å². The molecule has 0 saturated heterocycles. The highest BCUT2D eigenvalue weighted by molar-refractivity contribution is 7.92. The molecule has 0 aliphatic carbocycles. The number of amides is 1. The van der Waals surface area contributed by atoms with Crippen LogP contribution in [-0.4, -0.2) is 25.6 Å². The van der Waals surface area contributed by atoms with E-state index in [4.69, 9.17) is 5.73 Å². The number of anilines is 1. The molecule has 6 heteroatoms. The van der Waals surface area contributed by atoms with Crippen molar-refractivity contribution in [2.75, 3.05) is 5.73 Å². The van der Waals surface area contributed by atoms with Crippen LogP contribution in [-0.2, 0) is 14.6 Å². The standard InChI is InChI=1S/C15H24N2O3S/c1-5-6-11(3)17-15(18)12(4)21(19,20)14-9-13(16)8-7-10(14)2/h7-9,11-12H,5-6,16H2,1-4H3,(H,17,18). The van der Waals surface area contributed by atoms with Gasteiger partial charge in [-0.2, -0.15) is 0 Å². The summed E-state index contributed by atoms with van der Waals surface area (Å²) in [7, 11) is -3.74. The number of benzene rings is 1. The molecule has 2 unspecified atom stereocenters. The number of sulfone groups is 1. The lowest BCUT2D eigenvalue weighted by molar-refractivity contribution is -0.121. The third-order valence-electron chi connectivity index (χ3n) is 3.46. The van der Waals surface area contributed by atoms with Crippen LogP contribution in [0.3, 0.4) is 0 Å². The van der Waals surface area contributed by atoms with Gasteiger partial charge in [0.05, 0.1) is 4.90 Å². The number of nitrogens with two attached hydrogens (primary N) is 1. The molecule has 21 heavy (non-hydrogen) atoms. The molecule has 0 heterocycles. The molecule has 5 nitrogen and oxygen atoms in total. The normalized spacial score (nSPS) is 14.5.